The monoisotopic (exact) mass is 320 g/mol. The SMILES string of the molecule is Nc1cc(F)c(S(=O)(=O)NCCCOCC2CC2)c(F)c1. The van der Waals surface area contributed by atoms with Crippen LogP contribution >= 0.6 is 0 Å². The first-order valence-electron chi connectivity index (χ1n) is 6.72. The summed E-state index contributed by atoms with van der Waals surface area (Å²) in [5, 5.41) is 0. The number of hydrogen-bond donors (Lipinski definition) is 2. The lowest BCUT2D eigenvalue weighted by molar-refractivity contribution is 0.123. The summed E-state index contributed by atoms with van der Waals surface area (Å²) in [6.45, 7) is 1.15. The van der Waals surface area contributed by atoms with Gasteiger partial charge in [0, 0.05) is 25.4 Å². The van der Waals surface area contributed by atoms with Gasteiger partial charge in [0.15, 0.2) is 4.90 Å². The number of benzene rings is 1. The molecule has 1 aliphatic carbocycles. The average Bonchev–Trinajstić information content (AvgIpc) is 3.15. The van der Waals surface area contributed by atoms with Crippen LogP contribution in [0, 0.1) is 17.6 Å². The van der Waals surface area contributed by atoms with Gasteiger partial charge in [-0.25, -0.2) is 21.9 Å². The highest BCUT2D eigenvalue weighted by molar-refractivity contribution is 7.89. The maximum atomic E-state index is 13.6. The molecule has 0 amide bonds. The van der Waals surface area contributed by atoms with Crippen LogP contribution in [0.4, 0.5) is 14.5 Å². The van der Waals surface area contributed by atoms with Crippen LogP contribution in [0.2, 0.25) is 0 Å². The molecule has 0 heterocycles. The van der Waals surface area contributed by atoms with Gasteiger partial charge in [0.1, 0.15) is 11.6 Å². The number of halogens is 2. The fourth-order valence-corrected chi connectivity index (χ4v) is 3.01. The fourth-order valence-electron chi connectivity index (χ4n) is 1.82. The Kier molecular flexibility index (Phi) is 5.13. The molecule has 8 heteroatoms. The van der Waals surface area contributed by atoms with E-state index in [1.165, 1.54) is 12.8 Å². The van der Waals surface area contributed by atoms with E-state index in [9.17, 15) is 17.2 Å². The second-order valence-electron chi connectivity index (χ2n) is 5.08. The zero-order chi connectivity index (χ0) is 15.5. The van der Waals surface area contributed by atoms with Gasteiger partial charge in [-0.15, -0.1) is 0 Å². The number of hydrogen-bond acceptors (Lipinski definition) is 4. The number of nitrogens with two attached hydrogens (primary N) is 1. The van der Waals surface area contributed by atoms with Crippen molar-refractivity contribution in [2.24, 2.45) is 5.92 Å². The van der Waals surface area contributed by atoms with Crippen LogP contribution in [0.15, 0.2) is 17.0 Å². The van der Waals surface area contributed by atoms with E-state index in [1.54, 1.807) is 0 Å². The highest BCUT2D eigenvalue weighted by atomic mass is 32.2. The lowest BCUT2D eigenvalue weighted by atomic mass is 10.3. The van der Waals surface area contributed by atoms with Gasteiger partial charge >= 0.3 is 0 Å². The summed E-state index contributed by atoms with van der Waals surface area (Å²) in [5.41, 5.74) is 5.08. The predicted octanol–water partition coefficient (Wildman–Crippen LogP) is 1.64. The number of sulfonamides is 1. The minimum atomic E-state index is -4.24. The Labute approximate surface area is 122 Å². The van der Waals surface area contributed by atoms with E-state index in [1.807, 2.05) is 0 Å². The van der Waals surface area contributed by atoms with Gasteiger partial charge in [0.25, 0.3) is 0 Å². The molecule has 1 aromatic rings. The molecule has 118 valence electrons. The quantitative estimate of drug-likeness (QED) is 0.563. The van der Waals surface area contributed by atoms with Crippen molar-refractivity contribution in [2.45, 2.75) is 24.2 Å². The molecule has 0 saturated heterocycles. The molecule has 1 aromatic carbocycles. The van der Waals surface area contributed by atoms with E-state index < -0.39 is 26.6 Å². The van der Waals surface area contributed by atoms with Crippen LogP contribution < -0.4 is 10.5 Å². The first-order valence-corrected chi connectivity index (χ1v) is 8.20. The van der Waals surface area contributed by atoms with Crippen LogP contribution in [0.5, 0.6) is 0 Å². The Balaban J connectivity index is 1.86. The van der Waals surface area contributed by atoms with E-state index in [-0.39, 0.29) is 12.2 Å². The fraction of sp³-hybridized carbons (Fsp3) is 0.538. The second-order valence-corrected chi connectivity index (χ2v) is 6.79. The Morgan fingerprint density at radius 3 is 2.48 bits per heavy atom. The van der Waals surface area contributed by atoms with Gasteiger partial charge in [-0.2, -0.15) is 0 Å². The lowest BCUT2D eigenvalue weighted by Crippen LogP contribution is -2.27. The molecule has 5 nitrogen and oxygen atoms in total. The molecule has 1 fully saturated rings. The average molecular weight is 320 g/mol. The van der Waals surface area contributed by atoms with Crippen molar-refractivity contribution in [3.8, 4) is 0 Å². The van der Waals surface area contributed by atoms with Crippen LogP contribution in [0.1, 0.15) is 19.3 Å². The topological polar surface area (TPSA) is 81.4 Å². The zero-order valence-electron chi connectivity index (χ0n) is 11.4. The zero-order valence-corrected chi connectivity index (χ0v) is 12.3. The first kappa shape index (κ1) is 16.1. The van der Waals surface area contributed by atoms with Crippen molar-refractivity contribution >= 4 is 15.7 Å². The normalized spacial score (nSPS) is 15.3. The molecule has 0 bridgehead atoms. The van der Waals surface area contributed by atoms with Crippen molar-refractivity contribution in [1.29, 1.82) is 0 Å². The summed E-state index contributed by atoms with van der Waals surface area (Å²) >= 11 is 0. The van der Waals surface area contributed by atoms with E-state index >= 15 is 0 Å². The molecule has 1 aliphatic rings. The number of ether oxygens (including phenoxy) is 1. The van der Waals surface area contributed by atoms with E-state index in [0.29, 0.717) is 25.6 Å². The van der Waals surface area contributed by atoms with Crippen molar-refractivity contribution in [1.82, 2.24) is 4.72 Å². The largest absolute Gasteiger partial charge is 0.399 e. The molecule has 21 heavy (non-hydrogen) atoms. The van der Waals surface area contributed by atoms with Crippen LogP contribution in [-0.4, -0.2) is 28.2 Å². The first-order chi connectivity index (χ1) is 9.90. The van der Waals surface area contributed by atoms with Gasteiger partial charge in [0.05, 0.1) is 0 Å². The highest BCUT2D eigenvalue weighted by Crippen LogP contribution is 2.28. The van der Waals surface area contributed by atoms with Crippen molar-refractivity contribution < 1.29 is 21.9 Å². The molecule has 3 N–H and O–H groups in total. The van der Waals surface area contributed by atoms with Crippen LogP contribution in [-0.2, 0) is 14.8 Å². The smallest absolute Gasteiger partial charge is 0.246 e. The minimum absolute atomic E-state index is 0.0518. The van der Waals surface area contributed by atoms with Crippen molar-refractivity contribution in [3.05, 3.63) is 23.8 Å². The maximum absolute atomic E-state index is 13.6. The molecule has 2 rings (SSSR count). The summed E-state index contributed by atoms with van der Waals surface area (Å²) in [6, 6.07) is 1.55. The Morgan fingerprint density at radius 1 is 1.29 bits per heavy atom. The van der Waals surface area contributed by atoms with Gasteiger partial charge in [-0.1, -0.05) is 0 Å². The van der Waals surface area contributed by atoms with E-state index in [4.69, 9.17) is 10.5 Å². The third kappa shape index (κ3) is 4.62. The molecule has 0 aromatic heterocycles. The minimum Gasteiger partial charge on any atom is -0.399 e. The Bertz CT molecular complexity index is 580. The molecule has 0 radical (unpaired) electrons. The van der Waals surface area contributed by atoms with Gasteiger partial charge in [0.2, 0.25) is 10.0 Å². The molecule has 1 saturated carbocycles. The molecular weight excluding hydrogens is 302 g/mol. The van der Waals surface area contributed by atoms with E-state index in [2.05, 4.69) is 4.72 Å². The van der Waals surface area contributed by atoms with Crippen LogP contribution in [0.25, 0.3) is 0 Å². The predicted molar refractivity (Wildman–Crippen MR) is 74.1 cm³/mol. The maximum Gasteiger partial charge on any atom is 0.246 e. The highest BCUT2D eigenvalue weighted by Gasteiger charge is 2.24. The van der Waals surface area contributed by atoms with Gasteiger partial charge in [-0.05, 0) is 37.3 Å². The number of nitrogens with one attached hydrogen (secondary N) is 1. The van der Waals surface area contributed by atoms with Gasteiger partial charge < -0.3 is 10.5 Å². The second kappa shape index (κ2) is 6.67. The molecule has 0 unspecified atom stereocenters. The summed E-state index contributed by atoms with van der Waals surface area (Å²) in [4.78, 5) is -1.00. The molecule has 0 spiro atoms. The Morgan fingerprint density at radius 2 is 1.90 bits per heavy atom. The summed E-state index contributed by atoms with van der Waals surface area (Å²) in [6.07, 6.45) is 2.80. The van der Waals surface area contributed by atoms with Crippen LogP contribution in [0.3, 0.4) is 0 Å². The number of anilines is 1. The molecular formula is C13H18F2N2O3S. The third-order valence-corrected chi connectivity index (χ3v) is 4.61. The molecule has 0 atom stereocenters. The van der Waals surface area contributed by atoms with Crippen molar-refractivity contribution in [3.63, 3.8) is 0 Å². The van der Waals surface area contributed by atoms with Gasteiger partial charge in [-0.3, -0.25) is 0 Å². The standard InChI is InChI=1S/C13H18F2N2O3S/c14-11-6-10(16)7-12(15)13(11)21(18,19)17-4-1-5-20-8-9-2-3-9/h6-7,9,17H,1-5,8,16H2. The number of rotatable bonds is 8. The van der Waals surface area contributed by atoms with E-state index in [0.717, 1.165) is 12.1 Å². The van der Waals surface area contributed by atoms with Crippen molar-refractivity contribution in [2.75, 3.05) is 25.5 Å². The summed E-state index contributed by atoms with van der Waals surface area (Å²) in [7, 11) is -4.24. The third-order valence-electron chi connectivity index (χ3n) is 3.10. The lowest BCUT2D eigenvalue weighted by Gasteiger charge is -2.09. The summed E-state index contributed by atoms with van der Waals surface area (Å²) in [5.74, 6) is -1.77. The summed E-state index contributed by atoms with van der Waals surface area (Å²) < 4.78 is 58.4. The molecule has 0 aliphatic heterocycles. The Hall–Kier alpha value is -1.25. The number of nitrogen functional groups attached to an aromatic ring is 1.